The maximum absolute atomic E-state index is 12.1. The Bertz CT molecular complexity index is 419. The van der Waals surface area contributed by atoms with Gasteiger partial charge in [0.2, 0.25) is 5.91 Å². The number of carbonyl (C=O) groups excluding carboxylic acids is 1. The third-order valence-corrected chi connectivity index (χ3v) is 3.88. The van der Waals surface area contributed by atoms with Crippen molar-refractivity contribution in [3.8, 4) is 0 Å². The number of para-hydroxylation sites is 1. The zero-order valence-corrected chi connectivity index (χ0v) is 10.0. The van der Waals surface area contributed by atoms with Crippen molar-refractivity contribution in [1.29, 1.82) is 0 Å². The first-order valence-electron chi connectivity index (χ1n) is 4.65. The van der Waals surface area contributed by atoms with Gasteiger partial charge >= 0.3 is 0 Å². The number of nitrogens with zero attached hydrogens (tertiary/aromatic N) is 1. The second-order valence-corrected chi connectivity index (χ2v) is 4.98. The van der Waals surface area contributed by atoms with Crippen LogP contribution in [0.5, 0.6) is 0 Å². The van der Waals surface area contributed by atoms with E-state index in [-0.39, 0.29) is 5.91 Å². The average Bonchev–Trinajstić information content (AvgIpc) is 2.43. The van der Waals surface area contributed by atoms with Crippen LogP contribution in [0, 0.1) is 0 Å². The summed E-state index contributed by atoms with van der Waals surface area (Å²) in [6.07, 6.45) is 0. The Morgan fingerprint density at radius 3 is 2.53 bits per heavy atom. The van der Waals surface area contributed by atoms with Crippen LogP contribution in [0.15, 0.2) is 24.3 Å². The minimum atomic E-state index is -0.825. The number of fused-ring (bicyclic) bond motifs is 1. The highest BCUT2D eigenvalue weighted by Crippen LogP contribution is 2.45. The summed E-state index contributed by atoms with van der Waals surface area (Å²) in [5, 5.41) is 0. The van der Waals surface area contributed by atoms with E-state index in [1.54, 1.807) is 18.9 Å². The van der Waals surface area contributed by atoms with Crippen LogP contribution in [0.1, 0.15) is 12.5 Å². The molecule has 0 bridgehead atoms. The number of amides is 1. The van der Waals surface area contributed by atoms with E-state index in [0.29, 0.717) is 0 Å². The summed E-state index contributed by atoms with van der Waals surface area (Å²) >= 11 is 11.9. The standard InChI is InChI=1S/C11H11Cl2NO/c1-11(9(12)13)7-5-3-4-6-8(7)14(2)10(11)15/h3-6,9H,1-2H3. The van der Waals surface area contributed by atoms with Gasteiger partial charge in [0.1, 0.15) is 10.3 Å². The fourth-order valence-corrected chi connectivity index (χ4v) is 2.41. The van der Waals surface area contributed by atoms with E-state index >= 15 is 0 Å². The highest BCUT2D eigenvalue weighted by molar-refractivity contribution is 6.47. The largest absolute Gasteiger partial charge is 0.314 e. The van der Waals surface area contributed by atoms with E-state index in [4.69, 9.17) is 23.2 Å². The van der Waals surface area contributed by atoms with Crippen molar-refractivity contribution in [2.75, 3.05) is 11.9 Å². The number of hydrogen-bond acceptors (Lipinski definition) is 1. The van der Waals surface area contributed by atoms with Crippen LogP contribution in [-0.2, 0) is 10.2 Å². The molecule has 0 aromatic heterocycles. The van der Waals surface area contributed by atoms with Crippen molar-refractivity contribution in [3.63, 3.8) is 0 Å². The zero-order chi connectivity index (χ0) is 11.2. The summed E-state index contributed by atoms with van der Waals surface area (Å²) in [4.78, 5) is 12.9. The molecule has 1 aromatic rings. The first kappa shape index (κ1) is 10.8. The number of likely N-dealkylation sites (N-methyl/N-ethyl adjacent to an activating group) is 1. The first-order valence-corrected chi connectivity index (χ1v) is 5.52. The Kier molecular flexibility index (Phi) is 2.44. The molecule has 0 radical (unpaired) electrons. The van der Waals surface area contributed by atoms with E-state index in [2.05, 4.69) is 0 Å². The van der Waals surface area contributed by atoms with Crippen molar-refractivity contribution in [2.45, 2.75) is 17.2 Å². The molecular formula is C11H11Cl2NO. The van der Waals surface area contributed by atoms with E-state index in [9.17, 15) is 4.79 Å². The quantitative estimate of drug-likeness (QED) is 0.695. The van der Waals surface area contributed by atoms with Gasteiger partial charge in [-0.3, -0.25) is 4.79 Å². The molecule has 1 atom stereocenters. The van der Waals surface area contributed by atoms with Gasteiger partial charge in [-0.05, 0) is 18.6 Å². The van der Waals surface area contributed by atoms with Crippen molar-refractivity contribution in [2.24, 2.45) is 0 Å². The molecule has 0 saturated heterocycles. The number of hydrogen-bond donors (Lipinski definition) is 0. The third kappa shape index (κ3) is 1.28. The Morgan fingerprint density at radius 1 is 1.33 bits per heavy atom. The van der Waals surface area contributed by atoms with E-state index in [0.717, 1.165) is 11.3 Å². The van der Waals surface area contributed by atoms with E-state index in [1.165, 1.54) is 0 Å². The summed E-state index contributed by atoms with van der Waals surface area (Å²) < 4.78 is 0. The Hall–Kier alpha value is -0.730. The Morgan fingerprint density at radius 2 is 1.93 bits per heavy atom. The summed E-state index contributed by atoms with van der Waals surface area (Å²) in [7, 11) is 1.74. The van der Waals surface area contributed by atoms with Crippen LogP contribution in [-0.4, -0.2) is 17.8 Å². The second kappa shape index (κ2) is 3.39. The van der Waals surface area contributed by atoms with Crippen molar-refractivity contribution >= 4 is 34.8 Å². The molecule has 0 saturated carbocycles. The molecule has 2 nitrogen and oxygen atoms in total. The lowest BCUT2D eigenvalue weighted by Crippen LogP contribution is -2.40. The fraction of sp³-hybridized carbons (Fsp3) is 0.364. The number of carbonyl (C=O) groups is 1. The maximum Gasteiger partial charge on any atom is 0.239 e. The zero-order valence-electron chi connectivity index (χ0n) is 8.50. The van der Waals surface area contributed by atoms with Crippen LogP contribution in [0.4, 0.5) is 5.69 Å². The highest BCUT2D eigenvalue weighted by Gasteiger charge is 2.50. The molecule has 0 aliphatic carbocycles. The number of anilines is 1. The summed E-state index contributed by atoms with van der Waals surface area (Å²) in [5.74, 6) is -0.0568. The number of benzene rings is 1. The smallest absolute Gasteiger partial charge is 0.239 e. The van der Waals surface area contributed by atoms with Gasteiger partial charge in [0, 0.05) is 12.7 Å². The van der Waals surface area contributed by atoms with Crippen LogP contribution in [0.2, 0.25) is 0 Å². The third-order valence-electron chi connectivity index (χ3n) is 3.01. The molecule has 1 aliphatic heterocycles. The van der Waals surface area contributed by atoms with Gasteiger partial charge in [-0.1, -0.05) is 18.2 Å². The molecule has 1 heterocycles. The van der Waals surface area contributed by atoms with Crippen LogP contribution in [0.3, 0.4) is 0 Å². The molecule has 1 aliphatic rings. The number of alkyl halides is 2. The highest BCUT2D eigenvalue weighted by atomic mass is 35.5. The van der Waals surface area contributed by atoms with Crippen LogP contribution in [0.25, 0.3) is 0 Å². The minimum Gasteiger partial charge on any atom is -0.314 e. The molecule has 0 spiro atoms. The summed E-state index contributed by atoms with van der Waals surface area (Å²) in [6, 6.07) is 7.58. The van der Waals surface area contributed by atoms with Gasteiger partial charge in [0.15, 0.2) is 0 Å². The monoisotopic (exact) mass is 243 g/mol. The predicted octanol–water partition coefficient (Wildman–Crippen LogP) is 2.72. The van der Waals surface area contributed by atoms with E-state index < -0.39 is 10.3 Å². The van der Waals surface area contributed by atoms with Crippen molar-refractivity contribution in [1.82, 2.24) is 0 Å². The average molecular weight is 244 g/mol. The molecule has 1 amide bonds. The van der Waals surface area contributed by atoms with Crippen LogP contribution >= 0.6 is 23.2 Å². The molecule has 1 unspecified atom stereocenters. The minimum absolute atomic E-state index is 0.0568. The predicted molar refractivity (Wildman–Crippen MR) is 62.7 cm³/mol. The molecule has 0 N–H and O–H groups in total. The van der Waals surface area contributed by atoms with Gasteiger partial charge in [-0.15, -0.1) is 23.2 Å². The van der Waals surface area contributed by atoms with Crippen LogP contribution < -0.4 is 4.90 Å². The molecular weight excluding hydrogens is 233 g/mol. The van der Waals surface area contributed by atoms with E-state index in [1.807, 2.05) is 24.3 Å². The molecule has 80 valence electrons. The Labute approximate surface area is 98.8 Å². The SMILES string of the molecule is CN1C(=O)C(C)(C(Cl)Cl)c2ccccc21. The lowest BCUT2D eigenvalue weighted by molar-refractivity contribution is -0.121. The number of rotatable bonds is 1. The molecule has 15 heavy (non-hydrogen) atoms. The first-order chi connectivity index (χ1) is 6.99. The van der Waals surface area contributed by atoms with Gasteiger partial charge in [0.25, 0.3) is 0 Å². The normalized spacial score (nSPS) is 24.9. The number of halogens is 2. The van der Waals surface area contributed by atoms with Gasteiger partial charge in [-0.2, -0.15) is 0 Å². The van der Waals surface area contributed by atoms with Crippen molar-refractivity contribution in [3.05, 3.63) is 29.8 Å². The van der Waals surface area contributed by atoms with Gasteiger partial charge < -0.3 is 4.90 Å². The van der Waals surface area contributed by atoms with Gasteiger partial charge in [0.05, 0.1) is 0 Å². The molecule has 2 rings (SSSR count). The fourth-order valence-electron chi connectivity index (χ4n) is 1.99. The Balaban J connectivity index is 2.66. The molecule has 1 aromatic carbocycles. The topological polar surface area (TPSA) is 20.3 Å². The lowest BCUT2D eigenvalue weighted by atomic mass is 9.86. The molecule has 0 fully saturated rings. The van der Waals surface area contributed by atoms with Crippen molar-refractivity contribution < 1.29 is 4.79 Å². The second-order valence-electron chi connectivity index (χ2n) is 3.88. The maximum atomic E-state index is 12.1. The lowest BCUT2D eigenvalue weighted by Gasteiger charge is -2.24. The summed E-state index contributed by atoms with van der Waals surface area (Å²) in [5.41, 5.74) is 0.956. The summed E-state index contributed by atoms with van der Waals surface area (Å²) in [6.45, 7) is 1.78. The molecule has 4 heteroatoms. The van der Waals surface area contributed by atoms with Gasteiger partial charge in [-0.25, -0.2) is 0 Å².